The van der Waals surface area contributed by atoms with Crippen molar-refractivity contribution in [1.82, 2.24) is 0 Å². The van der Waals surface area contributed by atoms with Gasteiger partial charge in [0, 0.05) is 17.4 Å². The Morgan fingerprint density at radius 3 is 2.76 bits per heavy atom. The summed E-state index contributed by atoms with van der Waals surface area (Å²) >= 11 is 1.72. The van der Waals surface area contributed by atoms with Crippen LogP contribution in [0.25, 0.3) is 0 Å². The van der Waals surface area contributed by atoms with E-state index in [1.54, 1.807) is 11.8 Å². The van der Waals surface area contributed by atoms with E-state index in [-0.39, 0.29) is 11.9 Å². The van der Waals surface area contributed by atoms with E-state index < -0.39 is 0 Å². The van der Waals surface area contributed by atoms with Gasteiger partial charge >= 0.3 is 0 Å². The topological polar surface area (TPSA) is 55.1 Å². The molecule has 3 N–H and O–H groups in total. The Morgan fingerprint density at radius 2 is 2.12 bits per heavy atom. The summed E-state index contributed by atoms with van der Waals surface area (Å²) in [5, 5.41) is 2.92. The number of thioether (sulfide) groups is 1. The molecule has 0 aliphatic rings. The zero-order valence-electron chi connectivity index (χ0n) is 10.4. The molecule has 1 rings (SSSR count). The number of hydrogen-bond donors (Lipinski definition) is 2. The van der Waals surface area contributed by atoms with Gasteiger partial charge in [-0.2, -0.15) is 0 Å². The lowest BCUT2D eigenvalue weighted by molar-refractivity contribution is -0.116. The molecule has 0 aromatic heterocycles. The van der Waals surface area contributed by atoms with E-state index in [4.69, 9.17) is 5.73 Å². The zero-order chi connectivity index (χ0) is 12.7. The van der Waals surface area contributed by atoms with Gasteiger partial charge in [-0.05, 0) is 24.3 Å². The van der Waals surface area contributed by atoms with Gasteiger partial charge in [-0.3, -0.25) is 4.79 Å². The highest BCUT2D eigenvalue weighted by Crippen LogP contribution is 2.26. The van der Waals surface area contributed by atoms with Crippen LogP contribution in [0, 0.1) is 0 Å². The highest BCUT2D eigenvalue weighted by atomic mass is 32.2. The first-order valence-corrected chi connectivity index (χ1v) is 6.93. The highest BCUT2D eigenvalue weighted by Gasteiger charge is 2.09. The number of carbonyl (C=O) groups is 1. The Hall–Kier alpha value is -1.00. The predicted molar refractivity (Wildman–Crippen MR) is 74.4 cm³/mol. The molecular weight excluding hydrogens is 232 g/mol. The molecule has 1 atom stereocenters. The summed E-state index contributed by atoms with van der Waals surface area (Å²) in [6.07, 6.45) is 1.19. The number of benzene rings is 1. The Bertz CT molecular complexity index is 368. The molecule has 0 heterocycles. The first-order chi connectivity index (χ1) is 8.17. The number of para-hydroxylation sites is 1. The van der Waals surface area contributed by atoms with E-state index in [1.165, 1.54) is 0 Å². The van der Waals surface area contributed by atoms with Crippen molar-refractivity contribution < 1.29 is 4.79 Å². The zero-order valence-corrected chi connectivity index (χ0v) is 11.2. The van der Waals surface area contributed by atoms with Crippen molar-refractivity contribution in [3.63, 3.8) is 0 Å². The van der Waals surface area contributed by atoms with Crippen molar-refractivity contribution in [3.05, 3.63) is 24.3 Å². The predicted octanol–water partition coefficient (Wildman–Crippen LogP) is 2.86. The first kappa shape index (κ1) is 14.1. The number of nitrogens with two attached hydrogens (primary N) is 1. The summed E-state index contributed by atoms with van der Waals surface area (Å²) in [6, 6.07) is 7.79. The minimum Gasteiger partial charge on any atom is -0.327 e. The van der Waals surface area contributed by atoms with Crippen LogP contribution in [-0.4, -0.2) is 17.7 Å². The van der Waals surface area contributed by atoms with Crippen LogP contribution in [0.15, 0.2) is 29.2 Å². The molecule has 0 aliphatic carbocycles. The van der Waals surface area contributed by atoms with Crippen LogP contribution in [0.2, 0.25) is 0 Å². The van der Waals surface area contributed by atoms with Crippen LogP contribution in [-0.2, 0) is 4.79 Å². The van der Waals surface area contributed by atoms with Gasteiger partial charge in [0.2, 0.25) is 5.91 Å². The van der Waals surface area contributed by atoms with Crippen LogP contribution < -0.4 is 11.1 Å². The fourth-order valence-electron chi connectivity index (χ4n) is 1.43. The largest absolute Gasteiger partial charge is 0.327 e. The molecule has 1 aromatic rings. The molecule has 1 aromatic carbocycles. The van der Waals surface area contributed by atoms with E-state index in [1.807, 2.05) is 31.2 Å². The minimum absolute atomic E-state index is 0.0106. The molecule has 17 heavy (non-hydrogen) atoms. The molecule has 0 aliphatic heterocycles. The molecule has 3 nitrogen and oxygen atoms in total. The molecule has 0 radical (unpaired) electrons. The fraction of sp³-hybridized carbons (Fsp3) is 0.462. The van der Waals surface area contributed by atoms with Crippen molar-refractivity contribution in [3.8, 4) is 0 Å². The lowest BCUT2D eigenvalue weighted by atomic mass is 10.1. The van der Waals surface area contributed by atoms with Crippen molar-refractivity contribution in [2.45, 2.75) is 37.6 Å². The SMILES string of the molecule is CCSc1ccccc1NC(=O)CC(N)CC. The third-order valence-corrected chi connectivity index (χ3v) is 3.39. The number of amides is 1. The Labute approximate surface area is 107 Å². The van der Waals surface area contributed by atoms with Gasteiger partial charge in [-0.15, -0.1) is 11.8 Å². The molecule has 0 saturated carbocycles. The van der Waals surface area contributed by atoms with Gasteiger partial charge in [0.25, 0.3) is 0 Å². The van der Waals surface area contributed by atoms with E-state index in [9.17, 15) is 4.79 Å². The highest BCUT2D eigenvalue weighted by molar-refractivity contribution is 7.99. The number of nitrogens with one attached hydrogen (secondary N) is 1. The molecule has 4 heteroatoms. The normalized spacial score (nSPS) is 12.2. The quantitative estimate of drug-likeness (QED) is 0.765. The Balaban J connectivity index is 2.64. The molecule has 0 fully saturated rings. The summed E-state index contributed by atoms with van der Waals surface area (Å²) in [5.41, 5.74) is 6.64. The number of carbonyl (C=O) groups excluding carboxylic acids is 1. The molecule has 0 bridgehead atoms. The standard InChI is InChI=1S/C13H20N2OS/c1-3-10(14)9-13(16)15-11-7-5-6-8-12(11)17-4-2/h5-8,10H,3-4,9,14H2,1-2H3,(H,15,16). The summed E-state index contributed by atoms with van der Waals surface area (Å²) in [7, 11) is 0. The van der Waals surface area contributed by atoms with Crippen LogP contribution in [0.4, 0.5) is 5.69 Å². The van der Waals surface area contributed by atoms with Gasteiger partial charge in [-0.1, -0.05) is 26.0 Å². The van der Waals surface area contributed by atoms with Crippen molar-refractivity contribution in [2.75, 3.05) is 11.1 Å². The van der Waals surface area contributed by atoms with E-state index in [2.05, 4.69) is 12.2 Å². The average molecular weight is 252 g/mol. The maximum Gasteiger partial charge on any atom is 0.225 e. The monoisotopic (exact) mass is 252 g/mol. The first-order valence-electron chi connectivity index (χ1n) is 5.94. The maximum absolute atomic E-state index is 11.7. The second-order valence-corrected chi connectivity index (χ2v) is 5.16. The average Bonchev–Trinajstić information content (AvgIpc) is 2.31. The summed E-state index contributed by atoms with van der Waals surface area (Å²) < 4.78 is 0. The molecular formula is C13H20N2OS. The maximum atomic E-state index is 11.7. The second kappa shape index (κ2) is 7.35. The number of rotatable bonds is 6. The van der Waals surface area contributed by atoms with Crippen LogP contribution in [0.1, 0.15) is 26.7 Å². The fourth-order valence-corrected chi connectivity index (χ4v) is 2.20. The van der Waals surface area contributed by atoms with E-state index >= 15 is 0 Å². The van der Waals surface area contributed by atoms with Crippen molar-refractivity contribution >= 4 is 23.4 Å². The molecule has 0 saturated heterocycles. The van der Waals surface area contributed by atoms with Crippen molar-refractivity contribution in [2.24, 2.45) is 5.73 Å². The van der Waals surface area contributed by atoms with E-state index in [0.29, 0.717) is 6.42 Å². The lowest BCUT2D eigenvalue weighted by Gasteiger charge is -2.12. The van der Waals surface area contributed by atoms with Gasteiger partial charge in [-0.25, -0.2) is 0 Å². The minimum atomic E-state index is -0.0546. The molecule has 0 spiro atoms. The van der Waals surface area contributed by atoms with Gasteiger partial charge in [0.05, 0.1) is 5.69 Å². The number of hydrogen-bond acceptors (Lipinski definition) is 3. The smallest absolute Gasteiger partial charge is 0.225 e. The molecule has 94 valence electrons. The Morgan fingerprint density at radius 1 is 1.41 bits per heavy atom. The van der Waals surface area contributed by atoms with Crippen LogP contribution >= 0.6 is 11.8 Å². The van der Waals surface area contributed by atoms with Crippen molar-refractivity contribution in [1.29, 1.82) is 0 Å². The summed E-state index contributed by atoms with van der Waals surface area (Å²) in [5.74, 6) is 0.977. The van der Waals surface area contributed by atoms with Gasteiger partial charge in [0.15, 0.2) is 0 Å². The number of anilines is 1. The Kier molecular flexibility index (Phi) is 6.08. The second-order valence-electron chi connectivity index (χ2n) is 3.85. The van der Waals surface area contributed by atoms with E-state index in [0.717, 1.165) is 22.8 Å². The third-order valence-electron chi connectivity index (χ3n) is 2.43. The van der Waals surface area contributed by atoms with Gasteiger partial charge < -0.3 is 11.1 Å². The molecule has 1 amide bonds. The summed E-state index contributed by atoms with van der Waals surface area (Å²) in [6.45, 7) is 4.08. The third kappa shape index (κ3) is 4.79. The van der Waals surface area contributed by atoms with Crippen LogP contribution in [0.3, 0.4) is 0 Å². The lowest BCUT2D eigenvalue weighted by Crippen LogP contribution is -2.26. The summed E-state index contributed by atoms with van der Waals surface area (Å²) in [4.78, 5) is 12.8. The van der Waals surface area contributed by atoms with Crippen LogP contribution in [0.5, 0.6) is 0 Å². The van der Waals surface area contributed by atoms with Gasteiger partial charge in [0.1, 0.15) is 0 Å². The molecule has 1 unspecified atom stereocenters.